The topological polar surface area (TPSA) is 118 Å². The number of esters is 1. The van der Waals surface area contributed by atoms with E-state index in [0.717, 1.165) is 31.3 Å². The van der Waals surface area contributed by atoms with Gasteiger partial charge in [-0.1, -0.05) is 86.1 Å². The number of cyclic esters (lactones) is 1. The van der Waals surface area contributed by atoms with E-state index in [0.29, 0.717) is 24.4 Å². The fourth-order valence-electron chi connectivity index (χ4n) is 6.12. The Balaban J connectivity index is 1.71. The molecule has 1 saturated heterocycles. The zero-order chi connectivity index (χ0) is 34.9. The van der Waals surface area contributed by atoms with Crippen molar-refractivity contribution in [3.05, 3.63) is 70.3 Å². The van der Waals surface area contributed by atoms with Gasteiger partial charge in [0.1, 0.15) is 18.0 Å². The van der Waals surface area contributed by atoms with Crippen molar-refractivity contribution in [2.45, 2.75) is 119 Å². The predicted molar refractivity (Wildman–Crippen MR) is 183 cm³/mol. The van der Waals surface area contributed by atoms with Crippen LogP contribution in [0.2, 0.25) is 0 Å². The number of epoxide rings is 1. The van der Waals surface area contributed by atoms with Crippen molar-refractivity contribution in [1.29, 1.82) is 0 Å². The number of allylic oxidation sites excluding steroid dienone is 3. The van der Waals surface area contributed by atoms with Crippen molar-refractivity contribution < 1.29 is 33.5 Å². The van der Waals surface area contributed by atoms with Crippen molar-refractivity contribution in [1.82, 2.24) is 0 Å². The molecule has 0 N–H and O–H groups in total. The molecule has 9 atom stereocenters. The van der Waals surface area contributed by atoms with Crippen molar-refractivity contribution in [3.63, 3.8) is 0 Å². The fraction of sp³-hybridized carbons (Fsp3) is 0.632. The van der Waals surface area contributed by atoms with Gasteiger partial charge in [0.2, 0.25) is 0 Å². The minimum atomic E-state index is -0.891. The molecule has 2 heterocycles. The fourth-order valence-corrected chi connectivity index (χ4v) is 6.12. The van der Waals surface area contributed by atoms with Gasteiger partial charge in [-0.3, -0.25) is 14.9 Å². The van der Waals surface area contributed by atoms with Crippen LogP contribution in [0, 0.1) is 45.1 Å². The number of hydrogen-bond acceptors (Lipinski definition) is 8. The Hall–Kier alpha value is -3.46. The van der Waals surface area contributed by atoms with Gasteiger partial charge in [0.05, 0.1) is 17.1 Å². The molecule has 2 aliphatic rings. The summed E-state index contributed by atoms with van der Waals surface area (Å²) in [6.45, 7) is 19.2. The molecule has 0 spiro atoms. The van der Waals surface area contributed by atoms with Gasteiger partial charge in [0, 0.05) is 24.5 Å². The van der Waals surface area contributed by atoms with Gasteiger partial charge >= 0.3 is 12.1 Å². The van der Waals surface area contributed by atoms with Gasteiger partial charge in [-0.2, -0.15) is 0 Å². The maximum atomic E-state index is 13.0. The molecule has 9 unspecified atom stereocenters. The lowest BCUT2D eigenvalue weighted by Crippen LogP contribution is -2.29. The van der Waals surface area contributed by atoms with E-state index >= 15 is 0 Å². The summed E-state index contributed by atoms with van der Waals surface area (Å²) in [5, 5.41) is 10.9. The van der Waals surface area contributed by atoms with Gasteiger partial charge in [-0.25, -0.2) is 4.79 Å². The molecule has 0 bridgehead atoms. The summed E-state index contributed by atoms with van der Waals surface area (Å²) in [5.41, 5.74) is 0.761. The standard InChI is InChI=1S/C38H55NO8/c1-10-25(3)29(7)36-33(45-36)23-38(8,9)21-11-12-27(5)35-28(6)15-20-32(26(4)14-13-24(2)22-34(40)47-35)46-37(41)44-31-18-16-30(17-19-31)39(42)43/h11-12,15-21,24-26,28-29,32-33,35-36H,10,13-14,22-23H2,1-9H3/b20-15+,21-11+,27-12+. The number of carbonyl (C=O) groups excluding carboxylic acids is 2. The molecule has 0 saturated carbocycles. The van der Waals surface area contributed by atoms with Crippen LogP contribution in [0.3, 0.4) is 0 Å². The second-order valence-corrected chi connectivity index (χ2v) is 14.6. The van der Waals surface area contributed by atoms with Gasteiger partial charge in [0.15, 0.2) is 0 Å². The Morgan fingerprint density at radius 1 is 1.13 bits per heavy atom. The summed E-state index contributed by atoms with van der Waals surface area (Å²) in [4.78, 5) is 36.1. The molecule has 9 heteroatoms. The van der Waals surface area contributed by atoms with Crippen LogP contribution in [-0.2, 0) is 19.0 Å². The molecule has 9 nitrogen and oxygen atoms in total. The molecule has 2 aliphatic heterocycles. The Kier molecular flexibility index (Phi) is 13.8. The third-order valence-electron chi connectivity index (χ3n) is 9.78. The number of hydrogen-bond donors (Lipinski definition) is 0. The normalized spacial score (nSPS) is 29.5. The molecular formula is C38H55NO8. The molecule has 0 aromatic heterocycles. The van der Waals surface area contributed by atoms with Crippen LogP contribution in [0.25, 0.3) is 0 Å². The zero-order valence-corrected chi connectivity index (χ0v) is 29.6. The zero-order valence-electron chi connectivity index (χ0n) is 29.6. The average molecular weight is 654 g/mol. The molecule has 3 rings (SSSR count). The van der Waals surface area contributed by atoms with Crippen molar-refractivity contribution >= 4 is 17.8 Å². The van der Waals surface area contributed by atoms with E-state index in [2.05, 4.69) is 46.8 Å². The quantitative estimate of drug-likeness (QED) is 0.0441. The third kappa shape index (κ3) is 11.9. The number of nitro groups is 1. The molecule has 1 aromatic carbocycles. The highest BCUT2D eigenvalue weighted by Gasteiger charge is 2.46. The van der Waals surface area contributed by atoms with Crippen LogP contribution in [0.15, 0.2) is 60.2 Å². The van der Waals surface area contributed by atoms with E-state index < -0.39 is 23.3 Å². The lowest BCUT2D eigenvalue weighted by atomic mass is 9.83. The van der Waals surface area contributed by atoms with Crippen LogP contribution in [0.4, 0.5) is 10.5 Å². The lowest BCUT2D eigenvalue weighted by Gasteiger charge is -2.27. The Labute approximate surface area is 280 Å². The maximum absolute atomic E-state index is 13.0. The van der Waals surface area contributed by atoms with Crippen molar-refractivity contribution in [2.24, 2.45) is 35.0 Å². The highest BCUT2D eigenvalue weighted by molar-refractivity contribution is 5.70. The summed E-state index contributed by atoms with van der Waals surface area (Å²) in [7, 11) is 0. The smallest absolute Gasteiger partial charge is 0.457 e. The molecule has 0 amide bonds. The number of ether oxygens (including phenoxy) is 4. The van der Waals surface area contributed by atoms with Gasteiger partial charge < -0.3 is 18.9 Å². The molecule has 0 radical (unpaired) electrons. The van der Waals surface area contributed by atoms with Crippen LogP contribution in [0.1, 0.15) is 94.4 Å². The van der Waals surface area contributed by atoms with Crippen LogP contribution < -0.4 is 4.74 Å². The predicted octanol–water partition coefficient (Wildman–Crippen LogP) is 9.41. The first-order chi connectivity index (χ1) is 22.1. The minimum absolute atomic E-state index is 0.0378. The molecule has 260 valence electrons. The van der Waals surface area contributed by atoms with E-state index in [-0.39, 0.29) is 46.7 Å². The number of rotatable bonds is 11. The van der Waals surface area contributed by atoms with E-state index in [1.807, 2.05) is 45.9 Å². The first-order valence-electron chi connectivity index (χ1n) is 17.1. The Bertz CT molecular complexity index is 1300. The van der Waals surface area contributed by atoms with Crippen molar-refractivity contribution in [2.75, 3.05) is 0 Å². The maximum Gasteiger partial charge on any atom is 0.514 e. The summed E-state index contributed by atoms with van der Waals surface area (Å²) in [6.07, 6.45) is 12.6. The minimum Gasteiger partial charge on any atom is -0.457 e. The number of nitro benzene ring substituents is 1. The summed E-state index contributed by atoms with van der Waals surface area (Å²) in [5.74, 6) is 0.985. The monoisotopic (exact) mass is 653 g/mol. The van der Waals surface area contributed by atoms with Crippen LogP contribution in [-0.4, -0.2) is 41.5 Å². The molecule has 1 aromatic rings. The van der Waals surface area contributed by atoms with Gasteiger partial charge in [-0.05, 0) is 79.1 Å². The van der Waals surface area contributed by atoms with Gasteiger partial charge in [0.25, 0.3) is 5.69 Å². The number of benzene rings is 1. The molecule has 47 heavy (non-hydrogen) atoms. The van der Waals surface area contributed by atoms with Crippen LogP contribution >= 0.6 is 0 Å². The first-order valence-corrected chi connectivity index (χ1v) is 17.1. The second-order valence-electron chi connectivity index (χ2n) is 14.6. The lowest BCUT2D eigenvalue weighted by molar-refractivity contribution is -0.384. The van der Waals surface area contributed by atoms with E-state index in [1.54, 1.807) is 0 Å². The summed E-state index contributed by atoms with van der Waals surface area (Å²) < 4.78 is 23.2. The first kappa shape index (κ1) is 38.0. The Morgan fingerprint density at radius 2 is 1.81 bits per heavy atom. The highest BCUT2D eigenvalue weighted by Crippen LogP contribution is 2.41. The second kappa shape index (κ2) is 17.1. The highest BCUT2D eigenvalue weighted by atomic mass is 16.7. The summed E-state index contributed by atoms with van der Waals surface area (Å²) >= 11 is 0. The number of carbonyl (C=O) groups is 2. The van der Waals surface area contributed by atoms with Crippen molar-refractivity contribution in [3.8, 4) is 5.75 Å². The molecule has 0 aliphatic carbocycles. The SMILES string of the molecule is CCC(C)C(C)C1OC1CC(C)(C)/C=C/C=C(\C)C1OC(=O)CC(C)CCC(C)C(OC(=O)Oc2ccc([N+](=O)[O-])cc2)/C=C/C1C. The van der Waals surface area contributed by atoms with Gasteiger partial charge in [-0.15, -0.1) is 0 Å². The van der Waals surface area contributed by atoms with E-state index in [1.165, 1.54) is 24.3 Å². The number of nitrogens with zero attached hydrogens (tertiary/aromatic N) is 1. The van der Waals surface area contributed by atoms with Crippen LogP contribution in [0.5, 0.6) is 5.75 Å². The molecular weight excluding hydrogens is 598 g/mol. The van der Waals surface area contributed by atoms with E-state index in [9.17, 15) is 19.7 Å². The van der Waals surface area contributed by atoms with E-state index in [4.69, 9.17) is 18.9 Å². The summed E-state index contributed by atoms with van der Waals surface area (Å²) in [6, 6.07) is 5.25. The third-order valence-corrected chi connectivity index (χ3v) is 9.78. The largest absolute Gasteiger partial charge is 0.514 e. The molecule has 1 fully saturated rings. The average Bonchev–Trinajstić information content (AvgIpc) is 3.77. The Morgan fingerprint density at radius 3 is 2.45 bits per heavy atom. The number of non-ortho nitro benzene ring substituents is 1.